The normalized spacial score (nSPS) is 12.4. The predicted molar refractivity (Wildman–Crippen MR) is 89.8 cm³/mol. The molecule has 2 aromatic rings. The Morgan fingerprint density at radius 3 is 2.75 bits per heavy atom. The Kier molecular flexibility index (Phi) is 5.90. The van der Waals surface area contributed by atoms with E-state index in [4.69, 9.17) is 22.1 Å². The van der Waals surface area contributed by atoms with Gasteiger partial charge >= 0.3 is 0 Å². The lowest BCUT2D eigenvalue weighted by Crippen LogP contribution is -2.21. The highest BCUT2D eigenvalue weighted by Crippen LogP contribution is 2.29. The minimum Gasteiger partial charge on any atom is -0.487 e. The molecule has 0 fully saturated rings. The lowest BCUT2D eigenvalue weighted by molar-refractivity contribution is 0.307. The molecular formula is C15H17BrClNOS. The maximum absolute atomic E-state index is 5.97. The average Bonchev–Trinajstić information content (AvgIpc) is 2.83. The molecule has 1 aromatic heterocycles. The van der Waals surface area contributed by atoms with Gasteiger partial charge in [-0.25, -0.2) is 0 Å². The van der Waals surface area contributed by atoms with Crippen LogP contribution >= 0.6 is 38.9 Å². The summed E-state index contributed by atoms with van der Waals surface area (Å²) in [4.78, 5) is 1.11. The lowest BCUT2D eigenvalue weighted by atomic mass is 10.0. The molecule has 1 unspecified atom stereocenters. The number of benzene rings is 1. The number of ether oxygens (including phenoxy) is 1. The fourth-order valence-corrected chi connectivity index (χ4v) is 3.36. The summed E-state index contributed by atoms with van der Waals surface area (Å²) in [7, 11) is 0. The topological polar surface area (TPSA) is 35.2 Å². The van der Waals surface area contributed by atoms with Gasteiger partial charge in [0.1, 0.15) is 12.4 Å². The van der Waals surface area contributed by atoms with Gasteiger partial charge in [0.15, 0.2) is 0 Å². The van der Waals surface area contributed by atoms with E-state index in [2.05, 4.69) is 35.0 Å². The molecule has 2 nitrogen and oxygen atoms in total. The molecule has 1 heterocycles. The molecule has 0 radical (unpaired) electrons. The molecule has 2 rings (SSSR count). The Balaban J connectivity index is 1.98. The third-order valence-electron chi connectivity index (χ3n) is 3.02. The number of rotatable bonds is 6. The van der Waals surface area contributed by atoms with E-state index in [1.165, 1.54) is 16.9 Å². The van der Waals surface area contributed by atoms with E-state index in [0.29, 0.717) is 6.61 Å². The number of hydrogen-bond acceptors (Lipinski definition) is 3. The summed E-state index contributed by atoms with van der Waals surface area (Å²) in [6.07, 6.45) is 1.87. The molecule has 108 valence electrons. The van der Waals surface area contributed by atoms with E-state index in [-0.39, 0.29) is 6.04 Å². The predicted octanol–water partition coefficient (Wildman–Crippen LogP) is 5.02. The molecule has 0 aliphatic rings. The van der Waals surface area contributed by atoms with Crippen LogP contribution in [-0.4, -0.2) is 6.04 Å². The molecule has 0 amide bonds. The first-order valence-electron chi connectivity index (χ1n) is 6.49. The highest BCUT2D eigenvalue weighted by molar-refractivity contribution is 9.10. The molecule has 0 saturated heterocycles. The average molecular weight is 375 g/mol. The summed E-state index contributed by atoms with van der Waals surface area (Å²) >= 11 is 11.0. The van der Waals surface area contributed by atoms with Crippen LogP contribution in [0.25, 0.3) is 0 Å². The summed E-state index contributed by atoms with van der Waals surface area (Å²) in [5.41, 5.74) is 7.19. The van der Waals surface area contributed by atoms with Crippen LogP contribution in [0.15, 0.2) is 34.8 Å². The molecule has 1 atom stereocenters. The van der Waals surface area contributed by atoms with Crippen LogP contribution in [0.1, 0.15) is 23.8 Å². The molecule has 0 spiro atoms. The van der Waals surface area contributed by atoms with Crippen molar-refractivity contribution in [1.29, 1.82) is 0 Å². The van der Waals surface area contributed by atoms with Gasteiger partial charge < -0.3 is 10.5 Å². The first kappa shape index (κ1) is 15.8. The highest BCUT2D eigenvalue weighted by atomic mass is 79.9. The van der Waals surface area contributed by atoms with E-state index in [9.17, 15) is 0 Å². The molecule has 1 aromatic carbocycles. The third kappa shape index (κ3) is 4.48. The lowest BCUT2D eigenvalue weighted by Gasteiger charge is -2.11. The van der Waals surface area contributed by atoms with E-state index >= 15 is 0 Å². The molecule has 5 heteroatoms. The van der Waals surface area contributed by atoms with E-state index in [1.807, 2.05) is 18.2 Å². The fraction of sp³-hybridized carbons (Fsp3) is 0.333. The van der Waals surface area contributed by atoms with Crippen molar-refractivity contribution in [1.82, 2.24) is 0 Å². The number of thiophene rings is 1. The number of hydrogen-bond donors (Lipinski definition) is 1. The first-order valence-corrected chi connectivity index (χ1v) is 8.48. The van der Waals surface area contributed by atoms with Gasteiger partial charge in [0, 0.05) is 10.9 Å². The Hall–Kier alpha value is -0.550. The van der Waals surface area contributed by atoms with Crippen LogP contribution in [-0.2, 0) is 13.0 Å². The van der Waals surface area contributed by atoms with Gasteiger partial charge in [-0.05, 0) is 58.6 Å². The molecule has 0 aliphatic carbocycles. The maximum Gasteiger partial charge on any atom is 0.134 e. The minimum absolute atomic E-state index is 0.210. The van der Waals surface area contributed by atoms with Crippen molar-refractivity contribution in [3.63, 3.8) is 0 Å². The van der Waals surface area contributed by atoms with E-state index in [1.54, 1.807) is 0 Å². The smallest absolute Gasteiger partial charge is 0.134 e. The van der Waals surface area contributed by atoms with Crippen LogP contribution in [0.2, 0.25) is 4.34 Å². The third-order valence-corrected chi connectivity index (χ3v) is 4.84. The summed E-state index contributed by atoms with van der Waals surface area (Å²) in [6, 6.07) is 10.2. The van der Waals surface area contributed by atoms with Crippen molar-refractivity contribution in [2.75, 3.05) is 0 Å². The second-order valence-electron chi connectivity index (χ2n) is 4.63. The Bertz CT molecular complexity index is 573. The van der Waals surface area contributed by atoms with E-state index < -0.39 is 0 Å². The SMILES string of the molecule is CCC(N)Cc1ccc(OCc2ccc(Cl)s2)c(Br)c1. The molecule has 20 heavy (non-hydrogen) atoms. The second kappa shape index (κ2) is 7.46. The van der Waals surface area contributed by atoms with Crippen molar-refractivity contribution < 1.29 is 4.74 Å². The van der Waals surface area contributed by atoms with Crippen LogP contribution < -0.4 is 10.5 Å². The van der Waals surface area contributed by atoms with Gasteiger partial charge in [-0.3, -0.25) is 0 Å². The summed E-state index contributed by atoms with van der Waals surface area (Å²) in [5, 5.41) is 0. The maximum atomic E-state index is 5.97. The molecule has 2 N–H and O–H groups in total. The molecule has 0 bridgehead atoms. The zero-order valence-corrected chi connectivity index (χ0v) is 14.4. The van der Waals surface area contributed by atoms with Crippen molar-refractivity contribution in [2.45, 2.75) is 32.4 Å². The highest BCUT2D eigenvalue weighted by Gasteiger charge is 2.07. The largest absolute Gasteiger partial charge is 0.487 e. The van der Waals surface area contributed by atoms with Crippen LogP contribution in [0.5, 0.6) is 5.75 Å². The monoisotopic (exact) mass is 373 g/mol. The van der Waals surface area contributed by atoms with Gasteiger partial charge in [0.25, 0.3) is 0 Å². The van der Waals surface area contributed by atoms with Gasteiger partial charge in [-0.1, -0.05) is 24.6 Å². The quantitative estimate of drug-likeness (QED) is 0.770. The Morgan fingerprint density at radius 1 is 1.35 bits per heavy atom. The van der Waals surface area contributed by atoms with Crippen molar-refractivity contribution in [3.8, 4) is 5.75 Å². The Morgan fingerprint density at radius 2 is 2.15 bits per heavy atom. The second-order valence-corrected chi connectivity index (χ2v) is 7.29. The van der Waals surface area contributed by atoms with Gasteiger partial charge in [-0.2, -0.15) is 0 Å². The molecule has 0 saturated carbocycles. The van der Waals surface area contributed by atoms with Crippen LogP contribution in [0.4, 0.5) is 0 Å². The van der Waals surface area contributed by atoms with Crippen LogP contribution in [0, 0.1) is 0 Å². The summed E-state index contributed by atoms with van der Waals surface area (Å²) in [5.74, 6) is 0.836. The Labute approximate surface area is 137 Å². The summed E-state index contributed by atoms with van der Waals surface area (Å²) in [6.45, 7) is 2.63. The first-order chi connectivity index (χ1) is 9.58. The minimum atomic E-state index is 0.210. The standard InChI is InChI=1S/C15H17BrClNOS/c1-2-11(18)7-10-3-5-14(13(16)8-10)19-9-12-4-6-15(17)20-12/h3-6,8,11H,2,7,9,18H2,1H3. The molecular weight excluding hydrogens is 358 g/mol. The fourth-order valence-electron chi connectivity index (χ4n) is 1.81. The van der Waals surface area contributed by atoms with Crippen molar-refractivity contribution in [3.05, 3.63) is 49.6 Å². The number of nitrogens with two attached hydrogens (primary N) is 1. The zero-order valence-electron chi connectivity index (χ0n) is 11.2. The van der Waals surface area contributed by atoms with Gasteiger partial charge in [0.05, 0.1) is 8.81 Å². The van der Waals surface area contributed by atoms with Gasteiger partial charge in [0.2, 0.25) is 0 Å². The van der Waals surface area contributed by atoms with E-state index in [0.717, 1.165) is 32.3 Å². The molecule has 0 aliphatic heterocycles. The van der Waals surface area contributed by atoms with Crippen LogP contribution in [0.3, 0.4) is 0 Å². The van der Waals surface area contributed by atoms with Crippen molar-refractivity contribution in [2.24, 2.45) is 5.73 Å². The summed E-state index contributed by atoms with van der Waals surface area (Å²) < 4.78 is 7.54. The van der Waals surface area contributed by atoms with Crippen molar-refractivity contribution >= 4 is 38.9 Å². The number of halogens is 2. The zero-order chi connectivity index (χ0) is 14.5. The van der Waals surface area contributed by atoms with Gasteiger partial charge in [-0.15, -0.1) is 11.3 Å².